The molecule has 3 nitrogen and oxygen atoms in total. The molecule has 0 aromatic carbocycles. The van der Waals surface area contributed by atoms with Crippen molar-refractivity contribution in [3.63, 3.8) is 0 Å². The van der Waals surface area contributed by atoms with Gasteiger partial charge in [0.05, 0.1) is 12.8 Å². The summed E-state index contributed by atoms with van der Waals surface area (Å²) in [7, 11) is 4.25. The molecule has 2 rings (SSSR count). The highest BCUT2D eigenvalue weighted by Gasteiger charge is 2.34. The Hall–Kier alpha value is -0.800. The molecule has 0 atom stereocenters. The van der Waals surface area contributed by atoms with E-state index in [1.54, 1.807) is 6.26 Å². The molecule has 0 radical (unpaired) electrons. The number of nitrogens with zero attached hydrogens (tertiary/aromatic N) is 1. The molecule has 0 bridgehead atoms. The molecular weight excluding hydrogens is 212 g/mol. The zero-order valence-corrected chi connectivity index (χ0v) is 11.0. The quantitative estimate of drug-likeness (QED) is 0.822. The predicted molar refractivity (Wildman–Crippen MR) is 69.9 cm³/mol. The Morgan fingerprint density at radius 2 is 2.18 bits per heavy atom. The van der Waals surface area contributed by atoms with Crippen LogP contribution >= 0.6 is 0 Å². The van der Waals surface area contributed by atoms with E-state index in [0.29, 0.717) is 5.41 Å². The smallest absolute Gasteiger partial charge is 0.117 e. The normalized spacial score (nSPS) is 19.0. The van der Waals surface area contributed by atoms with Gasteiger partial charge in [0.1, 0.15) is 5.76 Å². The first-order valence-corrected chi connectivity index (χ1v) is 6.60. The van der Waals surface area contributed by atoms with Gasteiger partial charge in [-0.3, -0.25) is 4.90 Å². The van der Waals surface area contributed by atoms with E-state index in [1.165, 1.54) is 25.7 Å². The molecule has 1 aromatic rings. The van der Waals surface area contributed by atoms with Crippen LogP contribution in [0, 0.1) is 5.41 Å². The van der Waals surface area contributed by atoms with Crippen molar-refractivity contribution in [1.82, 2.24) is 10.2 Å². The van der Waals surface area contributed by atoms with E-state index in [2.05, 4.69) is 30.4 Å². The molecule has 1 N–H and O–H groups in total. The Morgan fingerprint density at radius 1 is 1.41 bits per heavy atom. The maximum atomic E-state index is 5.40. The summed E-state index contributed by atoms with van der Waals surface area (Å²) in [6.45, 7) is 3.21. The van der Waals surface area contributed by atoms with E-state index < -0.39 is 0 Å². The second-order valence-electron chi connectivity index (χ2n) is 5.49. The Bertz CT molecular complexity index is 315. The lowest BCUT2D eigenvalue weighted by Gasteiger charge is -2.33. The molecule has 1 heterocycles. The van der Waals surface area contributed by atoms with Crippen LogP contribution in [0.25, 0.3) is 0 Å². The van der Waals surface area contributed by atoms with Crippen molar-refractivity contribution in [2.45, 2.75) is 32.2 Å². The first kappa shape index (κ1) is 12.7. The van der Waals surface area contributed by atoms with Crippen LogP contribution in [0.15, 0.2) is 22.8 Å². The highest BCUT2D eigenvalue weighted by molar-refractivity contribution is 4.98. The van der Waals surface area contributed by atoms with Gasteiger partial charge in [-0.2, -0.15) is 0 Å². The highest BCUT2D eigenvalue weighted by Crippen LogP contribution is 2.38. The third-order valence-corrected chi connectivity index (χ3v) is 3.83. The van der Waals surface area contributed by atoms with Gasteiger partial charge >= 0.3 is 0 Å². The number of rotatable bonds is 6. The van der Waals surface area contributed by atoms with E-state index in [-0.39, 0.29) is 0 Å². The highest BCUT2D eigenvalue weighted by atomic mass is 16.3. The molecule has 1 saturated carbocycles. The molecule has 0 saturated heterocycles. The first-order valence-electron chi connectivity index (χ1n) is 6.60. The number of hydrogen-bond donors (Lipinski definition) is 1. The number of furan rings is 1. The number of hydrogen-bond acceptors (Lipinski definition) is 3. The second kappa shape index (κ2) is 5.69. The van der Waals surface area contributed by atoms with Crippen molar-refractivity contribution >= 4 is 0 Å². The van der Waals surface area contributed by atoms with Crippen molar-refractivity contribution in [1.29, 1.82) is 0 Å². The van der Waals surface area contributed by atoms with Crippen LogP contribution in [0.3, 0.4) is 0 Å². The molecule has 1 aromatic heterocycles. The van der Waals surface area contributed by atoms with E-state index in [4.69, 9.17) is 4.42 Å². The summed E-state index contributed by atoms with van der Waals surface area (Å²) in [6.07, 6.45) is 7.24. The molecule has 0 spiro atoms. The molecule has 0 unspecified atom stereocenters. The fourth-order valence-corrected chi connectivity index (χ4v) is 3.19. The van der Waals surface area contributed by atoms with Crippen LogP contribution in [0.4, 0.5) is 0 Å². The molecule has 1 fully saturated rings. The van der Waals surface area contributed by atoms with Gasteiger partial charge in [0.15, 0.2) is 0 Å². The lowest BCUT2D eigenvalue weighted by atomic mass is 9.85. The lowest BCUT2D eigenvalue weighted by Crippen LogP contribution is -2.40. The molecule has 0 aliphatic heterocycles. The van der Waals surface area contributed by atoms with Gasteiger partial charge in [-0.05, 0) is 44.5 Å². The lowest BCUT2D eigenvalue weighted by molar-refractivity contribution is 0.163. The van der Waals surface area contributed by atoms with Crippen molar-refractivity contribution < 1.29 is 4.42 Å². The molecular formula is C14H24N2O. The van der Waals surface area contributed by atoms with Crippen LogP contribution < -0.4 is 5.32 Å². The van der Waals surface area contributed by atoms with Crippen LogP contribution in [0.1, 0.15) is 31.4 Å². The summed E-state index contributed by atoms with van der Waals surface area (Å²) >= 11 is 0. The molecule has 1 aliphatic rings. The Kier molecular flexibility index (Phi) is 4.24. The number of nitrogens with one attached hydrogen (secondary N) is 1. The average Bonchev–Trinajstić information content (AvgIpc) is 2.90. The minimum Gasteiger partial charge on any atom is -0.468 e. The van der Waals surface area contributed by atoms with Gasteiger partial charge in [-0.15, -0.1) is 0 Å². The SMILES string of the molecule is CNCC1(CN(C)Cc2ccco2)CCCC1. The Morgan fingerprint density at radius 3 is 2.76 bits per heavy atom. The molecule has 96 valence electrons. The Balaban J connectivity index is 1.89. The topological polar surface area (TPSA) is 28.4 Å². The van der Waals surface area contributed by atoms with Crippen LogP contribution in [0.5, 0.6) is 0 Å². The van der Waals surface area contributed by atoms with Gasteiger partial charge in [-0.1, -0.05) is 12.8 Å². The summed E-state index contributed by atoms with van der Waals surface area (Å²) in [5.74, 6) is 1.06. The minimum absolute atomic E-state index is 0.482. The van der Waals surface area contributed by atoms with Crippen molar-refractivity contribution in [3.8, 4) is 0 Å². The van der Waals surface area contributed by atoms with Crippen molar-refractivity contribution in [2.24, 2.45) is 5.41 Å². The summed E-state index contributed by atoms with van der Waals surface area (Å²) in [5, 5.41) is 3.36. The predicted octanol–water partition coefficient (Wildman–Crippen LogP) is 2.49. The average molecular weight is 236 g/mol. The maximum Gasteiger partial charge on any atom is 0.117 e. The van der Waals surface area contributed by atoms with E-state index in [9.17, 15) is 0 Å². The summed E-state index contributed by atoms with van der Waals surface area (Å²) in [6, 6.07) is 4.01. The third-order valence-electron chi connectivity index (χ3n) is 3.83. The Labute approximate surface area is 104 Å². The summed E-state index contributed by atoms with van der Waals surface area (Å²) in [4.78, 5) is 2.39. The molecule has 3 heteroatoms. The zero-order chi connectivity index (χ0) is 12.1. The summed E-state index contributed by atoms with van der Waals surface area (Å²) in [5.41, 5.74) is 0.482. The zero-order valence-electron chi connectivity index (χ0n) is 11.0. The van der Waals surface area contributed by atoms with Crippen molar-refractivity contribution in [3.05, 3.63) is 24.2 Å². The standard InChI is InChI=1S/C14H24N2O/c1-15-11-14(7-3-4-8-14)12-16(2)10-13-6-5-9-17-13/h5-6,9,15H,3-4,7-8,10-12H2,1-2H3. The molecule has 0 amide bonds. The van der Waals surface area contributed by atoms with Crippen LogP contribution in [0.2, 0.25) is 0 Å². The van der Waals surface area contributed by atoms with Gasteiger partial charge in [-0.25, -0.2) is 0 Å². The first-order chi connectivity index (χ1) is 8.24. The molecule has 17 heavy (non-hydrogen) atoms. The van der Waals surface area contributed by atoms with Crippen LogP contribution in [-0.4, -0.2) is 32.1 Å². The van der Waals surface area contributed by atoms with Gasteiger partial charge in [0.2, 0.25) is 0 Å². The van der Waals surface area contributed by atoms with E-state index in [0.717, 1.165) is 25.4 Å². The second-order valence-corrected chi connectivity index (χ2v) is 5.49. The maximum absolute atomic E-state index is 5.40. The largest absolute Gasteiger partial charge is 0.468 e. The van der Waals surface area contributed by atoms with Crippen LogP contribution in [-0.2, 0) is 6.54 Å². The monoisotopic (exact) mass is 236 g/mol. The third kappa shape index (κ3) is 3.33. The van der Waals surface area contributed by atoms with E-state index in [1.807, 2.05) is 6.07 Å². The van der Waals surface area contributed by atoms with E-state index >= 15 is 0 Å². The van der Waals surface area contributed by atoms with Gasteiger partial charge in [0.25, 0.3) is 0 Å². The van der Waals surface area contributed by atoms with Crippen molar-refractivity contribution in [2.75, 3.05) is 27.2 Å². The van der Waals surface area contributed by atoms with Gasteiger partial charge in [0, 0.05) is 13.1 Å². The fraction of sp³-hybridized carbons (Fsp3) is 0.714. The summed E-state index contributed by atoms with van der Waals surface area (Å²) < 4.78 is 5.40. The van der Waals surface area contributed by atoms with Gasteiger partial charge < -0.3 is 9.73 Å². The fourth-order valence-electron chi connectivity index (χ4n) is 3.19. The minimum atomic E-state index is 0.482. The molecule has 1 aliphatic carbocycles.